The molecule has 2 aromatic carbocycles. The molecule has 1 heterocycles. The number of ether oxygens (including phenoxy) is 2. The number of fused-ring (bicyclic) bond motifs is 1. The Bertz CT molecular complexity index is 982. The number of amides is 1. The maximum Gasteiger partial charge on any atom is 0.263 e. The van der Waals surface area contributed by atoms with Crippen molar-refractivity contribution in [2.75, 3.05) is 31.8 Å². The van der Waals surface area contributed by atoms with Gasteiger partial charge < -0.3 is 14.8 Å². The van der Waals surface area contributed by atoms with E-state index in [9.17, 15) is 13.2 Å². The summed E-state index contributed by atoms with van der Waals surface area (Å²) in [6.07, 6.45) is 1.25. The van der Waals surface area contributed by atoms with E-state index >= 15 is 0 Å². The van der Waals surface area contributed by atoms with Gasteiger partial charge in [-0.2, -0.15) is 4.31 Å². The molecule has 0 saturated heterocycles. The number of nitrogens with one attached hydrogen (secondary N) is 1. The molecule has 1 aliphatic rings. The minimum atomic E-state index is -3.26. The van der Waals surface area contributed by atoms with Crippen molar-refractivity contribution < 1.29 is 22.7 Å². The van der Waals surface area contributed by atoms with Gasteiger partial charge in [0, 0.05) is 18.8 Å². The van der Waals surface area contributed by atoms with Crippen molar-refractivity contribution in [1.29, 1.82) is 0 Å². The monoisotopic (exact) mass is 418 g/mol. The number of sulfonamides is 1. The lowest BCUT2D eigenvalue weighted by Crippen LogP contribution is -2.37. The van der Waals surface area contributed by atoms with Crippen molar-refractivity contribution in [3.63, 3.8) is 0 Å². The maximum atomic E-state index is 12.9. The summed E-state index contributed by atoms with van der Waals surface area (Å²) in [5.41, 5.74) is 2.90. The molecule has 3 rings (SSSR count). The van der Waals surface area contributed by atoms with E-state index < -0.39 is 10.0 Å². The van der Waals surface area contributed by atoms with Crippen LogP contribution in [0.1, 0.15) is 34.8 Å². The van der Waals surface area contributed by atoms with Crippen LogP contribution in [0.3, 0.4) is 0 Å². The van der Waals surface area contributed by atoms with Gasteiger partial charge in [0.25, 0.3) is 5.91 Å². The van der Waals surface area contributed by atoms with Crippen LogP contribution in [0.25, 0.3) is 0 Å². The van der Waals surface area contributed by atoms with Gasteiger partial charge in [-0.1, -0.05) is 19.1 Å². The first-order valence-corrected chi connectivity index (χ1v) is 11.1. The van der Waals surface area contributed by atoms with E-state index in [4.69, 9.17) is 9.47 Å². The zero-order valence-electron chi connectivity index (χ0n) is 16.9. The summed E-state index contributed by atoms with van der Waals surface area (Å²) in [7, 11) is -0.268. The van der Waals surface area contributed by atoms with E-state index in [-0.39, 0.29) is 11.7 Å². The molecule has 1 N–H and O–H groups in total. The Hall–Kier alpha value is -2.58. The predicted octanol–water partition coefficient (Wildman–Crippen LogP) is 3.05. The van der Waals surface area contributed by atoms with Crippen molar-refractivity contribution in [2.24, 2.45) is 0 Å². The van der Waals surface area contributed by atoms with Crippen LogP contribution in [0, 0.1) is 0 Å². The lowest BCUT2D eigenvalue weighted by Gasteiger charge is -2.28. The van der Waals surface area contributed by atoms with E-state index in [2.05, 4.69) is 5.32 Å². The summed E-state index contributed by atoms with van der Waals surface area (Å²) in [4.78, 5) is 12.9. The summed E-state index contributed by atoms with van der Waals surface area (Å²) in [5.74, 6) is 0.616. The normalized spacial score (nSPS) is 14.2. The third kappa shape index (κ3) is 4.54. The number of carbonyl (C=O) groups excluding carboxylic acids is 1. The first-order valence-electron chi connectivity index (χ1n) is 9.51. The van der Waals surface area contributed by atoms with Crippen molar-refractivity contribution in [1.82, 2.24) is 4.31 Å². The number of hydrogen-bond acceptors (Lipinski definition) is 5. The number of methoxy groups -OCH3 is 2. The predicted molar refractivity (Wildman–Crippen MR) is 112 cm³/mol. The highest BCUT2D eigenvalue weighted by atomic mass is 32.2. The first-order chi connectivity index (χ1) is 13.9. The van der Waals surface area contributed by atoms with E-state index in [1.165, 1.54) is 18.5 Å². The molecule has 1 amide bonds. The second kappa shape index (κ2) is 8.84. The fourth-order valence-electron chi connectivity index (χ4n) is 3.50. The molecule has 0 unspecified atom stereocenters. The van der Waals surface area contributed by atoms with Crippen LogP contribution in [0.5, 0.6) is 11.5 Å². The fraction of sp³-hybridized carbons (Fsp3) is 0.381. The zero-order chi connectivity index (χ0) is 21.0. The van der Waals surface area contributed by atoms with Gasteiger partial charge in [0.1, 0.15) is 17.1 Å². The Balaban J connectivity index is 1.84. The average molecular weight is 419 g/mol. The first kappa shape index (κ1) is 21.1. The molecule has 7 nitrogen and oxygen atoms in total. The molecule has 0 bridgehead atoms. The maximum absolute atomic E-state index is 12.9. The molecule has 2 aromatic rings. The van der Waals surface area contributed by atoms with Crippen LogP contribution in [0.15, 0.2) is 36.4 Å². The smallest absolute Gasteiger partial charge is 0.263 e. The highest BCUT2D eigenvalue weighted by molar-refractivity contribution is 7.89. The molecule has 0 aliphatic carbocycles. The van der Waals surface area contributed by atoms with Crippen LogP contribution in [-0.4, -0.2) is 45.1 Å². The van der Waals surface area contributed by atoms with Crippen LogP contribution in [0.2, 0.25) is 0 Å². The summed E-state index contributed by atoms with van der Waals surface area (Å²) in [6, 6.07) is 10.7. The SMILES string of the molecule is CCCS(=O)(=O)N1CCc2ccc(NC(=O)c3c(OC)cccc3OC)cc2C1. The van der Waals surface area contributed by atoms with E-state index in [1.54, 1.807) is 18.2 Å². The minimum Gasteiger partial charge on any atom is -0.496 e. The topological polar surface area (TPSA) is 84.9 Å². The van der Waals surface area contributed by atoms with Crippen molar-refractivity contribution in [3.05, 3.63) is 53.1 Å². The lowest BCUT2D eigenvalue weighted by molar-refractivity contribution is 0.102. The van der Waals surface area contributed by atoms with Gasteiger partial charge in [0.15, 0.2) is 0 Å². The van der Waals surface area contributed by atoms with Gasteiger partial charge in [0.2, 0.25) is 10.0 Å². The highest BCUT2D eigenvalue weighted by Gasteiger charge is 2.26. The molecule has 0 radical (unpaired) electrons. The van der Waals surface area contributed by atoms with E-state index in [1.807, 2.05) is 25.1 Å². The lowest BCUT2D eigenvalue weighted by atomic mass is 10.0. The third-order valence-electron chi connectivity index (χ3n) is 4.95. The molecular weight excluding hydrogens is 392 g/mol. The summed E-state index contributed by atoms with van der Waals surface area (Å²) >= 11 is 0. The molecule has 0 spiro atoms. The van der Waals surface area contributed by atoms with E-state index in [0.717, 1.165) is 11.1 Å². The highest BCUT2D eigenvalue weighted by Crippen LogP contribution is 2.30. The molecule has 156 valence electrons. The fourth-order valence-corrected chi connectivity index (χ4v) is 4.98. The molecular formula is C21H26N2O5S. The van der Waals surface area contributed by atoms with Gasteiger partial charge >= 0.3 is 0 Å². The van der Waals surface area contributed by atoms with Crippen LogP contribution >= 0.6 is 0 Å². The van der Waals surface area contributed by atoms with E-state index in [0.29, 0.717) is 48.7 Å². The van der Waals surface area contributed by atoms with Crippen molar-refractivity contribution in [2.45, 2.75) is 26.3 Å². The van der Waals surface area contributed by atoms with Gasteiger partial charge in [-0.25, -0.2) is 8.42 Å². The molecule has 29 heavy (non-hydrogen) atoms. The summed E-state index contributed by atoms with van der Waals surface area (Å²) in [6.45, 7) is 2.66. The molecule has 0 fully saturated rings. The Morgan fingerprint density at radius 2 is 1.79 bits per heavy atom. The molecule has 1 aliphatic heterocycles. The van der Waals surface area contributed by atoms with Crippen LogP contribution < -0.4 is 14.8 Å². The summed E-state index contributed by atoms with van der Waals surface area (Å²) in [5, 5.41) is 2.87. The van der Waals surface area contributed by atoms with Crippen molar-refractivity contribution in [3.8, 4) is 11.5 Å². The molecule has 8 heteroatoms. The van der Waals surface area contributed by atoms with Gasteiger partial charge in [-0.15, -0.1) is 0 Å². The molecule has 0 aromatic heterocycles. The second-order valence-corrected chi connectivity index (χ2v) is 8.96. The second-order valence-electron chi connectivity index (χ2n) is 6.87. The van der Waals surface area contributed by atoms with Crippen LogP contribution in [-0.2, 0) is 23.0 Å². The number of nitrogens with zero attached hydrogens (tertiary/aromatic N) is 1. The number of rotatable bonds is 7. The Kier molecular flexibility index (Phi) is 6.44. The molecule has 0 saturated carbocycles. The average Bonchev–Trinajstić information content (AvgIpc) is 2.72. The van der Waals surface area contributed by atoms with Gasteiger partial charge in [0.05, 0.1) is 20.0 Å². The van der Waals surface area contributed by atoms with Crippen LogP contribution in [0.4, 0.5) is 5.69 Å². The largest absolute Gasteiger partial charge is 0.496 e. The quantitative estimate of drug-likeness (QED) is 0.747. The standard InChI is InChI=1S/C21H26N2O5S/c1-4-12-29(25,26)23-11-10-15-8-9-17(13-16(15)14-23)22-21(24)20-18(27-2)6-5-7-19(20)28-3/h5-9,13H,4,10-12,14H2,1-3H3,(H,22,24). The number of carbonyl (C=O) groups is 1. The Labute approximate surface area is 171 Å². The summed E-state index contributed by atoms with van der Waals surface area (Å²) < 4.78 is 36.9. The van der Waals surface area contributed by atoms with Gasteiger partial charge in [-0.05, 0) is 48.2 Å². The Morgan fingerprint density at radius 1 is 1.10 bits per heavy atom. The third-order valence-corrected chi connectivity index (χ3v) is 6.97. The Morgan fingerprint density at radius 3 is 2.41 bits per heavy atom. The van der Waals surface area contributed by atoms with Crippen molar-refractivity contribution >= 4 is 21.6 Å². The zero-order valence-corrected chi connectivity index (χ0v) is 17.7. The minimum absolute atomic E-state index is 0.145. The van der Waals surface area contributed by atoms with Gasteiger partial charge in [-0.3, -0.25) is 4.79 Å². The molecule has 0 atom stereocenters. The number of benzene rings is 2. The number of hydrogen-bond donors (Lipinski definition) is 1. The number of anilines is 1.